The second-order valence-electron chi connectivity index (χ2n) is 5.61. The summed E-state index contributed by atoms with van der Waals surface area (Å²) in [6.07, 6.45) is 1.03. The fraction of sp³-hybridized carbons (Fsp3) is 0.467. The largest absolute Gasteiger partial charge is 0.478 e. The molecule has 1 aromatic carbocycles. The number of amides is 2. The molecule has 1 saturated heterocycles. The molecular weight excluding hydrogens is 272 g/mol. The number of carbonyl (C=O) groups excluding carboxylic acids is 1. The molecule has 0 radical (unpaired) electrons. The highest BCUT2D eigenvalue weighted by molar-refractivity contribution is 5.89. The standard InChI is InChI=1S/C15H20N2O4/c1-15(21)7-9-17(10-15)14(20)16-8-6-11-4-2-3-5-12(11)13(18)19/h2-5,21H,6-10H2,1H3,(H,16,20)(H,18,19). The number of likely N-dealkylation sites (tertiary alicyclic amines) is 1. The predicted octanol–water partition coefficient (Wildman–Crippen LogP) is 1.09. The Balaban J connectivity index is 1.85. The van der Waals surface area contributed by atoms with Crippen LogP contribution in [0.25, 0.3) is 0 Å². The van der Waals surface area contributed by atoms with Crippen molar-refractivity contribution in [3.05, 3.63) is 35.4 Å². The second-order valence-corrected chi connectivity index (χ2v) is 5.61. The maximum absolute atomic E-state index is 11.9. The van der Waals surface area contributed by atoms with Crippen LogP contribution in [0.5, 0.6) is 0 Å². The normalized spacial score (nSPS) is 21.3. The summed E-state index contributed by atoms with van der Waals surface area (Å²) >= 11 is 0. The van der Waals surface area contributed by atoms with Crippen molar-refractivity contribution in [3.8, 4) is 0 Å². The van der Waals surface area contributed by atoms with E-state index in [1.54, 1.807) is 36.1 Å². The fourth-order valence-corrected chi connectivity index (χ4v) is 2.48. The molecule has 1 fully saturated rings. The first-order valence-electron chi connectivity index (χ1n) is 6.95. The van der Waals surface area contributed by atoms with Gasteiger partial charge in [-0.1, -0.05) is 18.2 Å². The molecule has 0 bridgehead atoms. The Labute approximate surface area is 123 Å². The predicted molar refractivity (Wildman–Crippen MR) is 77.3 cm³/mol. The highest BCUT2D eigenvalue weighted by atomic mass is 16.4. The molecule has 6 nitrogen and oxygen atoms in total. The SMILES string of the molecule is CC1(O)CCN(C(=O)NCCc2ccccc2C(=O)O)C1. The number of β-amino-alcohol motifs (C(OH)–C–C–N with tert-alkyl or cyclic N) is 1. The Hall–Kier alpha value is -2.08. The molecule has 6 heteroatoms. The number of benzene rings is 1. The summed E-state index contributed by atoms with van der Waals surface area (Å²) in [7, 11) is 0. The van der Waals surface area contributed by atoms with Crippen LogP contribution in [0.3, 0.4) is 0 Å². The van der Waals surface area contributed by atoms with E-state index >= 15 is 0 Å². The zero-order chi connectivity index (χ0) is 15.5. The van der Waals surface area contributed by atoms with Crippen molar-refractivity contribution >= 4 is 12.0 Å². The van der Waals surface area contributed by atoms with Crippen molar-refractivity contribution in [2.24, 2.45) is 0 Å². The molecule has 2 rings (SSSR count). The second kappa shape index (κ2) is 6.13. The number of carbonyl (C=O) groups is 2. The average molecular weight is 292 g/mol. The first-order valence-corrected chi connectivity index (χ1v) is 6.95. The first kappa shape index (κ1) is 15.3. The highest BCUT2D eigenvalue weighted by Gasteiger charge is 2.33. The number of carboxylic acid groups (broad SMARTS) is 1. The van der Waals surface area contributed by atoms with Gasteiger partial charge < -0.3 is 20.4 Å². The minimum atomic E-state index is -0.965. The average Bonchev–Trinajstić information content (AvgIpc) is 2.79. The molecule has 3 N–H and O–H groups in total. The summed E-state index contributed by atoms with van der Waals surface area (Å²) in [5, 5.41) is 21.7. The van der Waals surface area contributed by atoms with Crippen LogP contribution in [0.2, 0.25) is 0 Å². The Bertz CT molecular complexity index is 542. The summed E-state index contributed by atoms with van der Waals surface area (Å²) in [4.78, 5) is 24.6. The highest BCUT2D eigenvalue weighted by Crippen LogP contribution is 2.19. The van der Waals surface area contributed by atoms with Crippen LogP contribution < -0.4 is 5.32 Å². The van der Waals surface area contributed by atoms with E-state index in [2.05, 4.69) is 5.32 Å². The van der Waals surface area contributed by atoms with Crippen LogP contribution in [0.4, 0.5) is 4.79 Å². The summed E-state index contributed by atoms with van der Waals surface area (Å²) in [5.74, 6) is -0.965. The van der Waals surface area contributed by atoms with Gasteiger partial charge in [-0.3, -0.25) is 0 Å². The quantitative estimate of drug-likeness (QED) is 0.775. The van der Waals surface area contributed by atoms with Gasteiger partial charge in [-0.25, -0.2) is 9.59 Å². The summed E-state index contributed by atoms with van der Waals surface area (Å²) in [5.41, 5.74) is 0.141. The molecular formula is C15H20N2O4. The van der Waals surface area contributed by atoms with Gasteiger partial charge in [-0.2, -0.15) is 0 Å². The number of aromatic carboxylic acids is 1. The molecule has 1 unspecified atom stereocenters. The van der Waals surface area contributed by atoms with Gasteiger partial charge in [0, 0.05) is 13.1 Å². The van der Waals surface area contributed by atoms with Crippen molar-refractivity contribution in [1.29, 1.82) is 0 Å². The van der Waals surface area contributed by atoms with Gasteiger partial charge in [-0.15, -0.1) is 0 Å². The molecule has 21 heavy (non-hydrogen) atoms. The van der Waals surface area contributed by atoms with Gasteiger partial charge >= 0.3 is 12.0 Å². The lowest BCUT2D eigenvalue weighted by molar-refractivity contribution is 0.0693. The molecule has 2 amide bonds. The van der Waals surface area contributed by atoms with E-state index in [4.69, 9.17) is 5.11 Å². The van der Waals surface area contributed by atoms with Crippen LogP contribution in [-0.2, 0) is 6.42 Å². The van der Waals surface area contributed by atoms with Gasteiger partial charge in [0.15, 0.2) is 0 Å². The number of nitrogens with zero attached hydrogens (tertiary/aromatic N) is 1. The molecule has 1 aromatic rings. The van der Waals surface area contributed by atoms with Gasteiger partial charge in [0.1, 0.15) is 0 Å². The van der Waals surface area contributed by atoms with Crippen molar-refractivity contribution in [3.63, 3.8) is 0 Å². The topological polar surface area (TPSA) is 89.9 Å². The number of hydrogen-bond donors (Lipinski definition) is 3. The number of nitrogens with one attached hydrogen (secondary N) is 1. The Morgan fingerprint density at radius 3 is 2.71 bits per heavy atom. The molecule has 0 spiro atoms. The molecule has 1 aliphatic heterocycles. The molecule has 0 aromatic heterocycles. The molecule has 1 atom stereocenters. The molecule has 114 valence electrons. The third-order valence-electron chi connectivity index (χ3n) is 3.66. The van der Waals surface area contributed by atoms with Crippen molar-refractivity contribution in [2.75, 3.05) is 19.6 Å². The minimum Gasteiger partial charge on any atom is -0.478 e. The van der Waals surface area contributed by atoms with E-state index in [1.807, 2.05) is 0 Å². The van der Waals surface area contributed by atoms with Crippen LogP contribution in [-0.4, -0.2) is 52.3 Å². The zero-order valence-corrected chi connectivity index (χ0v) is 12.0. The van der Waals surface area contributed by atoms with Crippen molar-refractivity contribution < 1.29 is 19.8 Å². The lowest BCUT2D eigenvalue weighted by atomic mass is 10.0. The van der Waals surface area contributed by atoms with E-state index in [0.717, 1.165) is 0 Å². The lowest BCUT2D eigenvalue weighted by Gasteiger charge is -2.19. The van der Waals surface area contributed by atoms with Crippen LogP contribution in [0.15, 0.2) is 24.3 Å². The number of carboxylic acids is 1. The van der Waals surface area contributed by atoms with Gasteiger partial charge in [0.05, 0.1) is 17.7 Å². The smallest absolute Gasteiger partial charge is 0.335 e. The number of hydrogen-bond acceptors (Lipinski definition) is 3. The van der Waals surface area contributed by atoms with E-state index < -0.39 is 11.6 Å². The van der Waals surface area contributed by atoms with Gasteiger partial charge in [0.25, 0.3) is 0 Å². The summed E-state index contributed by atoms with van der Waals surface area (Å²) < 4.78 is 0. The first-order chi connectivity index (χ1) is 9.89. The summed E-state index contributed by atoms with van der Waals surface area (Å²) in [6, 6.07) is 6.53. The lowest BCUT2D eigenvalue weighted by Crippen LogP contribution is -2.41. The Morgan fingerprint density at radius 1 is 1.38 bits per heavy atom. The number of rotatable bonds is 4. The third-order valence-corrected chi connectivity index (χ3v) is 3.66. The van der Waals surface area contributed by atoms with E-state index in [-0.39, 0.29) is 11.6 Å². The van der Waals surface area contributed by atoms with Crippen LogP contribution in [0.1, 0.15) is 29.3 Å². The Kier molecular flexibility index (Phi) is 4.47. The van der Waals surface area contributed by atoms with E-state index in [1.165, 1.54) is 0 Å². The van der Waals surface area contributed by atoms with Gasteiger partial charge in [0.2, 0.25) is 0 Å². The van der Waals surface area contributed by atoms with Gasteiger partial charge in [-0.05, 0) is 31.4 Å². The van der Waals surface area contributed by atoms with E-state index in [0.29, 0.717) is 38.0 Å². The molecule has 1 aliphatic rings. The number of aliphatic hydroxyl groups is 1. The summed E-state index contributed by atoms with van der Waals surface area (Å²) in [6.45, 7) is 2.93. The zero-order valence-electron chi connectivity index (χ0n) is 12.0. The monoisotopic (exact) mass is 292 g/mol. The maximum Gasteiger partial charge on any atom is 0.335 e. The number of urea groups is 1. The molecule has 1 heterocycles. The third kappa shape index (κ3) is 3.95. The van der Waals surface area contributed by atoms with Crippen LogP contribution in [0, 0.1) is 0 Å². The van der Waals surface area contributed by atoms with Crippen molar-refractivity contribution in [2.45, 2.75) is 25.4 Å². The van der Waals surface area contributed by atoms with Crippen molar-refractivity contribution in [1.82, 2.24) is 10.2 Å². The molecule has 0 saturated carbocycles. The minimum absolute atomic E-state index is 0.222. The Morgan fingerprint density at radius 2 is 2.10 bits per heavy atom. The fourth-order valence-electron chi connectivity index (χ4n) is 2.48. The molecule has 0 aliphatic carbocycles. The maximum atomic E-state index is 11.9. The van der Waals surface area contributed by atoms with E-state index in [9.17, 15) is 14.7 Å². The van der Waals surface area contributed by atoms with Crippen LogP contribution >= 0.6 is 0 Å².